The molecule has 4 amide bonds. The van der Waals surface area contributed by atoms with Gasteiger partial charge in [0.05, 0.1) is 18.0 Å². The van der Waals surface area contributed by atoms with E-state index in [1.165, 1.54) is 28.1 Å². The topological polar surface area (TPSA) is 132 Å². The molecule has 4 rings (SSSR count). The standard InChI is InChI=1S/C29H30ClN5O5/c1-18-6-3-8-20(14-18)23(16-25(36)37)33-26(38)27-34(28(39)21-10-11-24(30)31-17-21)12-5-13-35(27)29(40)32-22-9-4-7-19(2)15-22/h3-4,6-11,14-15,17,23,27H,5,12-13,16H2,1-2H3,(H,32,40)(H,33,38)(H,36,37). The van der Waals surface area contributed by atoms with Crippen molar-refractivity contribution in [1.82, 2.24) is 20.1 Å². The van der Waals surface area contributed by atoms with Gasteiger partial charge in [0.15, 0.2) is 6.17 Å². The highest BCUT2D eigenvalue weighted by molar-refractivity contribution is 6.29. The maximum absolute atomic E-state index is 13.9. The summed E-state index contributed by atoms with van der Waals surface area (Å²) in [7, 11) is 0. The Bertz CT molecular complexity index is 1410. The number of nitrogens with one attached hydrogen (secondary N) is 2. The fourth-order valence-corrected chi connectivity index (χ4v) is 4.79. The number of anilines is 1. The molecule has 208 valence electrons. The Kier molecular flexibility index (Phi) is 9.00. The average molecular weight is 564 g/mol. The maximum atomic E-state index is 13.9. The predicted octanol–water partition coefficient (Wildman–Crippen LogP) is 4.39. The number of carbonyl (C=O) groups excluding carboxylic acids is 3. The lowest BCUT2D eigenvalue weighted by Crippen LogP contribution is -2.64. The average Bonchev–Trinajstić information content (AvgIpc) is 2.92. The van der Waals surface area contributed by atoms with E-state index in [1.807, 2.05) is 26.0 Å². The zero-order chi connectivity index (χ0) is 28.8. The fourth-order valence-electron chi connectivity index (χ4n) is 4.68. The molecule has 2 aromatic carbocycles. The number of aryl methyl sites for hydroxylation is 2. The van der Waals surface area contributed by atoms with Gasteiger partial charge in [-0.2, -0.15) is 0 Å². The van der Waals surface area contributed by atoms with Gasteiger partial charge in [0.2, 0.25) is 0 Å². The van der Waals surface area contributed by atoms with E-state index in [0.717, 1.165) is 11.1 Å². The Hall–Kier alpha value is -4.44. The first kappa shape index (κ1) is 28.6. The van der Waals surface area contributed by atoms with Crippen LogP contribution in [-0.2, 0) is 9.59 Å². The number of carbonyl (C=O) groups is 4. The lowest BCUT2D eigenvalue weighted by molar-refractivity contribution is -0.138. The number of pyridine rings is 1. The molecular weight excluding hydrogens is 534 g/mol. The molecule has 2 unspecified atom stereocenters. The molecule has 3 aromatic rings. The van der Waals surface area contributed by atoms with Crippen molar-refractivity contribution in [3.8, 4) is 0 Å². The molecule has 10 nitrogen and oxygen atoms in total. The Labute approximate surface area is 237 Å². The van der Waals surface area contributed by atoms with Crippen LogP contribution in [-0.4, -0.2) is 63.0 Å². The van der Waals surface area contributed by atoms with E-state index in [4.69, 9.17) is 11.6 Å². The van der Waals surface area contributed by atoms with Gasteiger partial charge in [-0.05, 0) is 55.7 Å². The highest BCUT2D eigenvalue weighted by Gasteiger charge is 2.41. The number of benzene rings is 2. The molecule has 11 heteroatoms. The first-order valence-electron chi connectivity index (χ1n) is 12.8. The van der Waals surface area contributed by atoms with Crippen molar-refractivity contribution in [2.45, 2.75) is 38.9 Å². The third kappa shape index (κ3) is 6.95. The van der Waals surface area contributed by atoms with Crippen LogP contribution in [0.3, 0.4) is 0 Å². The molecule has 0 aliphatic carbocycles. The smallest absolute Gasteiger partial charge is 0.323 e. The second-order valence-electron chi connectivity index (χ2n) is 9.66. The molecule has 1 fully saturated rings. The van der Waals surface area contributed by atoms with Gasteiger partial charge in [-0.15, -0.1) is 0 Å². The quantitative estimate of drug-likeness (QED) is 0.365. The van der Waals surface area contributed by atoms with Gasteiger partial charge in [-0.25, -0.2) is 9.78 Å². The van der Waals surface area contributed by atoms with Gasteiger partial charge in [0, 0.05) is 25.0 Å². The summed E-state index contributed by atoms with van der Waals surface area (Å²) in [6.45, 7) is 4.15. The van der Waals surface area contributed by atoms with Crippen LogP contribution >= 0.6 is 11.6 Å². The molecule has 0 bridgehead atoms. The number of aliphatic carboxylic acids is 1. The molecule has 1 aromatic heterocycles. The zero-order valence-corrected chi connectivity index (χ0v) is 22.9. The van der Waals surface area contributed by atoms with Crippen molar-refractivity contribution in [2.75, 3.05) is 18.4 Å². The van der Waals surface area contributed by atoms with Crippen LogP contribution < -0.4 is 10.6 Å². The van der Waals surface area contributed by atoms with E-state index in [0.29, 0.717) is 17.7 Å². The monoisotopic (exact) mass is 563 g/mol. The van der Waals surface area contributed by atoms with Gasteiger partial charge >= 0.3 is 12.0 Å². The van der Waals surface area contributed by atoms with Gasteiger partial charge in [0.25, 0.3) is 11.8 Å². The molecule has 2 heterocycles. The number of nitrogens with zero attached hydrogens (tertiary/aromatic N) is 3. The van der Waals surface area contributed by atoms with Crippen LogP contribution in [0, 0.1) is 13.8 Å². The number of hydrogen-bond donors (Lipinski definition) is 3. The fraction of sp³-hybridized carbons (Fsp3) is 0.276. The van der Waals surface area contributed by atoms with Crippen molar-refractivity contribution in [2.24, 2.45) is 0 Å². The van der Waals surface area contributed by atoms with Crippen molar-refractivity contribution in [3.05, 3.63) is 94.3 Å². The van der Waals surface area contributed by atoms with Crippen LogP contribution in [0.2, 0.25) is 5.15 Å². The van der Waals surface area contributed by atoms with Gasteiger partial charge in [0.1, 0.15) is 5.15 Å². The van der Waals surface area contributed by atoms with Crippen molar-refractivity contribution in [1.29, 1.82) is 0 Å². The summed E-state index contributed by atoms with van der Waals surface area (Å²) in [5.41, 5.74) is 3.17. The second-order valence-corrected chi connectivity index (χ2v) is 10.0. The molecule has 0 saturated carbocycles. The van der Waals surface area contributed by atoms with Crippen molar-refractivity contribution < 1.29 is 24.3 Å². The number of carboxylic acid groups (broad SMARTS) is 1. The highest BCUT2D eigenvalue weighted by Crippen LogP contribution is 2.24. The molecular formula is C29H30ClN5O5. The Morgan fingerprint density at radius 3 is 2.35 bits per heavy atom. The van der Waals surface area contributed by atoms with Crippen LogP contribution in [0.1, 0.15) is 45.9 Å². The third-order valence-electron chi connectivity index (χ3n) is 6.53. The molecule has 0 spiro atoms. The number of hydrogen-bond acceptors (Lipinski definition) is 5. The van der Waals surface area contributed by atoms with E-state index in [-0.39, 0.29) is 30.2 Å². The minimum Gasteiger partial charge on any atom is -0.481 e. The number of amides is 4. The SMILES string of the molecule is Cc1cccc(NC(=O)N2CCCN(C(=O)c3ccc(Cl)nc3)C2C(=O)NC(CC(=O)O)c2cccc(C)c2)c1. The Morgan fingerprint density at radius 1 is 1.00 bits per heavy atom. The van der Waals surface area contributed by atoms with Crippen molar-refractivity contribution >= 4 is 41.1 Å². The minimum atomic E-state index is -1.34. The molecule has 1 saturated heterocycles. The second kappa shape index (κ2) is 12.6. The van der Waals surface area contributed by atoms with Crippen LogP contribution in [0.4, 0.5) is 10.5 Å². The van der Waals surface area contributed by atoms with Crippen LogP contribution in [0.15, 0.2) is 66.9 Å². The largest absolute Gasteiger partial charge is 0.481 e. The summed E-state index contributed by atoms with van der Waals surface area (Å²) in [5, 5.41) is 15.4. The summed E-state index contributed by atoms with van der Waals surface area (Å²) in [5.74, 6) is -2.30. The van der Waals surface area contributed by atoms with Gasteiger partial charge in [-0.3, -0.25) is 19.3 Å². The number of halogens is 1. The van der Waals surface area contributed by atoms with E-state index in [1.54, 1.807) is 36.4 Å². The minimum absolute atomic E-state index is 0.196. The molecule has 0 radical (unpaired) electrons. The number of urea groups is 1. The summed E-state index contributed by atoms with van der Waals surface area (Å²) in [6.07, 6.45) is 0.00862. The number of aromatic nitrogens is 1. The summed E-state index contributed by atoms with van der Waals surface area (Å²) < 4.78 is 0. The van der Waals surface area contributed by atoms with Gasteiger partial charge < -0.3 is 20.6 Å². The number of rotatable bonds is 7. The normalized spacial score (nSPS) is 15.7. The molecule has 1 aliphatic rings. The van der Waals surface area contributed by atoms with Crippen LogP contribution in [0.25, 0.3) is 0 Å². The Morgan fingerprint density at radius 2 is 1.70 bits per heavy atom. The van der Waals surface area contributed by atoms with Gasteiger partial charge in [-0.1, -0.05) is 53.6 Å². The summed E-state index contributed by atoms with van der Waals surface area (Å²) in [6, 6.07) is 15.9. The summed E-state index contributed by atoms with van der Waals surface area (Å²) >= 11 is 5.89. The highest BCUT2D eigenvalue weighted by atomic mass is 35.5. The predicted molar refractivity (Wildman–Crippen MR) is 150 cm³/mol. The van der Waals surface area contributed by atoms with Crippen molar-refractivity contribution in [3.63, 3.8) is 0 Å². The molecule has 40 heavy (non-hydrogen) atoms. The summed E-state index contributed by atoms with van der Waals surface area (Å²) in [4.78, 5) is 59.3. The molecule has 2 atom stereocenters. The maximum Gasteiger partial charge on any atom is 0.323 e. The third-order valence-corrected chi connectivity index (χ3v) is 6.75. The van der Waals surface area contributed by atoms with E-state index in [2.05, 4.69) is 15.6 Å². The lowest BCUT2D eigenvalue weighted by atomic mass is 10.0. The van der Waals surface area contributed by atoms with E-state index < -0.39 is 36.0 Å². The van der Waals surface area contributed by atoms with E-state index >= 15 is 0 Å². The molecule has 3 N–H and O–H groups in total. The zero-order valence-electron chi connectivity index (χ0n) is 22.1. The first-order chi connectivity index (χ1) is 19.1. The lowest BCUT2D eigenvalue weighted by Gasteiger charge is -2.43. The molecule has 1 aliphatic heterocycles. The first-order valence-corrected chi connectivity index (χ1v) is 13.2. The van der Waals surface area contributed by atoms with Crippen LogP contribution in [0.5, 0.6) is 0 Å². The Balaban J connectivity index is 1.68. The van der Waals surface area contributed by atoms with E-state index in [9.17, 15) is 24.3 Å². The number of carboxylic acids is 1.